The van der Waals surface area contributed by atoms with Crippen LogP contribution in [0.1, 0.15) is 27.7 Å². The molecular formula is C12H26N3O5P. The highest BCUT2D eigenvalue weighted by Gasteiger charge is 2.28. The minimum absolute atomic E-state index is 0.232. The van der Waals surface area contributed by atoms with Gasteiger partial charge in [-0.15, -0.1) is 0 Å². The van der Waals surface area contributed by atoms with Crippen molar-refractivity contribution in [2.75, 3.05) is 26.3 Å². The Morgan fingerprint density at radius 2 is 1.71 bits per heavy atom. The Hall–Kier alpha value is -0.950. The highest BCUT2D eigenvalue weighted by atomic mass is 31.1. The molecule has 9 heteroatoms. The normalized spacial score (nSPS) is 15.3. The van der Waals surface area contributed by atoms with Gasteiger partial charge in [-0.3, -0.25) is 14.2 Å². The van der Waals surface area contributed by atoms with Crippen LogP contribution in [0, 0.1) is 0 Å². The van der Waals surface area contributed by atoms with Gasteiger partial charge in [-0.2, -0.15) is 0 Å². The van der Waals surface area contributed by atoms with Crippen molar-refractivity contribution in [2.45, 2.75) is 39.8 Å². The monoisotopic (exact) mass is 323 g/mol. The van der Waals surface area contributed by atoms with E-state index in [1.54, 1.807) is 27.7 Å². The Morgan fingerprint density at radius 3 is 2.19 bits per heavy atom. The lowest BCUT2D eigenvalue weighted by molar-refractivity contribution is -0.147. The molecule has 0 aromatic rings. The molecule has 0 aliphatic rings. The molecule has 3 N–H and O–H groups in total. The second kappa shape index (κ2) is 10.7. The van der Waals surface area contributed by atoms with Gasteiger partial charge in [-0.05, 0) is 27.7 Å². The Morgan fingerprint density at radius 1 is 1.19 bits per heavy atom. The largest absolute Gasteiger partial charge is 0.465 e. The predicted molar refractivity (Wildman–Crippen MR) is 80.1 cm³/mol. The third-order valence-corrected chi connectivity index (χ3v) is 4.52. The van der Waals surface area contributed by atoms with Crippen molar-refractivity contribution in [1.82, 2.24) is 9.76 Å². The van der Waals surface area contributed by atoms with Gasteiger partial charge in [0.15, 0.2) is 0 Å². The van der Waals surface area contributed by atoms with Crippen molar-refractivity contribution in [3.63, 3.8) is 0 Å². The first-order chi connectivity index (χ1) is 9.88. The number of nitrogens with one attached hydrogen (secondary N) is 1. The summed E-state index contributed by atoms with van der Waals surface area (Å²) in [5.74, 6) is -0.970. The van der Waals surface area contributed by atoms with Crippen molar-refractivity contribution in [3.05, 3.63) is 0 Å². The highest BCUT2D eigenvalue weighted by molar-refractivity contribution is 7.39. The van der Waals surface area contributed by atoms with E-state index < -0.39 is 32.1 Å². The Kier molecular flexibility index (Phi) is 10.2. The summed E-state index contributed by atoms with van der Waals surface area (Å²) in [6.07, 6.45) is 0. The van der Waals surface area contributed by atoms with Gasteiger partial charge >= 0.3 is 11.9 Å². The fourth-order valence-electron chi connectivity index (χ4n) is 1.59. The predicted octanol–water partition coefficient (Wildman–Crippen LogP) is 0.130. The van der Waals surface area contributed by atoms with Crippen LogP contribution in [-0.2, 0) is 23.6 Å². The molecule has 0 radical (unpaired) electrons. The molecule has 0 aromatic carbocycles. The topological polar surface area (TPSA) is 111 Å². The van der Waals surface area contributed by atoms with E-state index in [0.717, 1.165) is 0 Å². The van der Waals surface area contributed by atoms with Crippen LogP contribution in [0.4, 0.5) is 0 Å². The van der Waals surface area contributed by atoms with E-state index in [0.29, 0.717) is 0 Å². The molecule has 3 atom stereocenters. The molecule has 0 aliphatic carbocycles. The van der Waals surface area contributed by atoms with E-state index in [2.05, 4.69) is 5.09 Å². The average molecular weight is 323 g/mol. The molecule has 0 amide bonds. The average Bonchev–Trinajstić information content (AvgIpc) is 2.44. The van der Waals surface area contributed by atoms with Crippen molar-refractivity contribution < 1.29 is 23.6 Å². The summed E-state index contributed by atoms with van der Waals surface area (Å²) in [5.41, 5.74) is 5.48. The van der Waals surface area contributed by atoms with E-state index in [1.807, 2.05) is 0 Å². The van der Waals surface area contributed by atoms with Crippen LogP contribution in [-0.4, -0.2) is 55.0 Å². The molecule has 0 bridgehead atoms. The van der Waals surface area contributed by atoms with E-state index in [4.69, 9.17) is 15.2 Å². The number of carbonyl (C=O) groups excluding carboxylic acids is 2. The first-order valence-electron chi connectivity index (χ1n) is 6.99. The fraction of sp³-hybridized carbons (Fsp3) is 0.833. The first kappa shape index (κ1) is 20.1. The second-order valence-electron chi connectivity index (χ2n) is 4.33. The van der Waals surface area contributed by atoms with Crippen LogP contribution in [0.15, 0.2) is 0 Å². The Balaban J connectivity index is 4.75. The quantitative estimate of drug-likeness (QED) is 0.431. The number of ether oxygens (including phenoxy) is 2. The van der Waals surface area contributed by atoms with Crippen LogP contribution in [0.25, 0.3) is 0 Å². The van der Waals surface area contributed by atoms with Gasteiger partial charge in [0.25, 0.3) is 0 Å². The maximum Gasteiger partial charge on any atom is 0.323 e. The number of rotatable bonds is 10. The molecule has 0 heterocycles. The van der Waals surface area contributed by atoms with Crippen LogP contribution < -0.4 is 10.8 Å². The SMILES string of the molecule is CCOC(=O)C(C)N[PH](=O)N(CCN)C(C)C(=O)OCC. The summed E-state index contributed by atoms with van der Waals surface area (Å²) in [6, 6.07) is -1.44. The van der Waals surface area contributed by atoms with Crippen molar-refractivity contribution >= 4 is 20.0 Å². The van der Waals surface area contributed by atoms with Crippen LogP contribution >= 0.6 is 8.10 Å². The number of nitrogens with zero attached hydrogens (tertiary/aromatic N) is 1. The van der Waals surface area contributed by atoms with E-state index in [1.165, 1.54) is 4.67 Å². The summed E-state index contributed by atoms with van der Waals surface area (Å²) in [4.78, 5) is 23.3. The molecule has 0 spiro atoms. The van der Waals surface area contributed by atoms with E-state index in [-0.39, 0.29) is 26.3 Å². The summed E-state index contributed by atoms with van der Waals surface area (Å²) in [7, 11) is -2.56. The zero-order chi connectivity index (χ0) is 16.4. The molecule has 0 rings (SSSR count). The maximum absolute atomic E-state index is 12.3. The van der Waals surface area contributed by atoms with Crippen LogP contribution in [0.5, 0.6) is 0 Å². The minimum atomic E-state index is -2.56. The smallest absolute Gasteiger partial charge is 0.323 e. The molecule has 21 heavy (non-hydrogen) atoms. The fourth-order valence-corrected chi connectivity index (χ4v) is 3.04. The standard InChI is InChI=1S/C12H26N3O5P/c1-5-19-11(16)9(3)14-21(18)15(8-7-13)10(4)12(17)20-6-2/h9-10,21H,5-8,13H2,1-4H3,(H,14,18). The van der Waals surface area contributed by atoms with Gasteiger partial charge in [0.2, 0.25) is 8.10 Å². The lowest BCUT2D eigenvalue weighted by atomic mass is 10.3. The second-order valence-corrected chi connectivity index (χ2v) is 5.81. The lowest BCUT2D eigenvalue weighted by Gasteiger charge is -2.27. The highest BCUT2D eigenvalue weighted by Crippen LogP contribution is 2.26. The maximum atomic E-state index is 12.3. The third-order valence-electron chi connectivity index (χ3n) is 2.71. The van der Waals surface area contributed by atoms with Gasteiger partial charge in [0.05, 0.1) is 13.2 Å². The molecule has 0 aromatic heterocycles. The molecular weight excluding hydrogens is 297 g/mol. The van der Waals surface area contributed by atoms with Crippen molar-refractivity contribution in [1.29, 1.82) is 0 Å². The lowest BCUT2D eigenvalue weighted by Crippen LogP contribution is -2.42. The molecule has 0 saturated carbocycles. The van der Waals surface area contributed by atoms with Crippen LogP contribution in [0.3, 0.4) is 0 Å². The van der Waals surface area contributed by atoms with Gasteiger partial charge in [-0.25, -0.2) is 9.76 Å². The van der Waals surface area contributed by atoms with Gasteiger partial charge in [-0.1, -0.05) is 0 Å². The Labute approximate surface area is 126 Å². The minimum Gasteiger partial charge on any atom is -0.465 e. The molecule has 8 nitrogen and oxygen atoms in total. The zero-order valence-electron chi connectivity index (χ0n) is 13.0. The zero-order valence-corrected chi connectivity index (χ0v) is 14.0. The van der Waals surface area contributed by atoms with Gasteiger partial charge < -0.3 is 15.2 Å². The van der Waals surface area contributed by atoms with Crippen LogP contribution in [0.2, 0.25) is 0 Å². The number of esters is 2. The number of carbonyl (C=O) groups is 2. The summed E-state index contributed by atoms with van der Waals surface area (Å²) in [6.45, 7) is 7.50. The number of hydrogen-bond donors (Lipinski definition) is 2. The molecule has 0 saturated heterocycles. The molecule has 124 valence electrons. The number of hydrogen-bond acceptors (Lipinski definition) is 6. The van der Waals surface area contributed by atoms with E-state index in [9.17, 15) is 14.2 Å². The summed E-state index contributed by atoms with van der Waals surface area (Å²) < 4.78 is 23.5. The number of nitrogens with two attached hydrogens (primary N) is 1. The third kappa shape index (κ3) is 7.04. The van der Waals surface area contributed by atoms with Gasteiger partial charge in [0.1, 0.15) is 12.1 Å². The summed E-state index contributed by atoms with van der Waals surface area (Å²) >= 11 is 0. The van der Waals surface area contributed by atoms with Gasteiger partial charge in [0, 0.05) is 13.1 Å². The molecule has 0 fully saturated rings. The van der Waals surface area contributed by atoms with E-state index >= 15 is 0 Å². The Bertz CT molecular complexity index is 367. The summed E-state index contributed by atoms with van der Waals surface area (Å²) in [5, 5.41) is 2.66. The van der Waals surface area contributed by atoms with Crippen molar-refractivity contribution in [3.8, 4) is 0 Å². The first-order valence-corrected chi connectivity index (χ1v) is 8.34. The molecule has 0 aliphatic heterocycles. The van der Waals surface area contributed by atoms with Crippen molar-refractivity contribution in [2.24, 2.45) is 5.73 Å². The molecule has 3 unspecified atom stereocenters.